The van der Waals surface area contributed by atoms with E-state index < -0.39 is 0 Å². The molecule has 2 rings (SSSR count). The first-order valence-electron chi connectivity index (χ1n) is 4.83. The van der Waals surface area contributed by atoms with Crippen LogP contribution in [-0.2, 0) is 0 Å². The van der Waals surface area contributed by atoms with E-state index >= 15 is 0 Å². The average Bonchev–Trinajstić information content (AvgIpc) is 2.57. The van der Waals surface area contributed by atoms with Crippen LogP contribution in [-0.4, -0.2) is 20.8 Å². The van der Waals surface area contributed by atoms with E-state index in [9.17, 15) is 0 Å². The maximum Gasteiger partial charge on any atom is 0.105 e. The highest BCUT2D eigenvalue weighted by atomic mass is 127. The Bertz CT molecular complexity index is 233. The van der Waals surface area contributed by atoms with Crippen LogP contribution >= 0.6 is 34.4 Å². The van der Waals surface area contributed by atoms with Gasteiger partial charge in [-0.2, -0.15) is 0 Å². The molecule has 0 bridgehead atoms. The molecule has 1 heterocycles. The number of rotatable bonds is 2. The number of halogens is 1. The van der Waals surface area contributed by atoms with Crippen LogP contribution < -0.4 is 0 Å². The number of nitrogens with zero attached hydrogens (tertiary/aromatic N) is 1. The number of hydrogen-bond acceptors (Lipinski definition) is 2. The van der Waals surface area contributed by atoms with Crippen molar-refractivity contribution in [2.45, 2.75) is 33.7 Å². The first-order valence-corrected chi connectivity index (χ1v) is 6.79. The Morgan fingerprint density at radius 2 is 2.15 bits per heavy atom. The minimum absolute atomic E-state index is 0.252. The number of allylic oxidation sites excluding steroid dienone is 1. The molecule has 0 aromatic carbocycles. The lowest BCUT2D eigenvalue weighted by atomic mass is 10.3. The molecule has 3 heteroatoms. The molecule has 0 aromatic heterocycles. The Hall–Kier alpha value is 0.490. The molecular weight excluding hydrogens is 293 g/mol. The summed E-state index contributed by atoms with van der Waals surface area (Å²) >= 11 is 4.66. The first-order chi connectivity index (χ1) is 6.29. The summed E-state index contributed by atoms with van der Waals surface area (Å²) < 4.78 is 0.252. The summed E-state index contributed by atoms with van der Waals surface area (Å²) in [5.41, 5.74) is 0. The summed E-state index contributed by atoms with van der Waals surface area (Å²) in [6.45, 7) is 0.950. The van der Waals surface area contributed by atoms with Crippen LogP contribution in [0.15, 0.2) is 17.1 Å². The molecule has 1 atom stereocenters. The average molecular weight is 307 g/mol. The molecule has 0 amide bonds. The summed E-state index contributed by atoms with van der Waals surface area (Å²) in [6, 6.07) is 0. The molecule has 0 N–H and O–H groups in total. The topological polar surface area (TPSA) is 12.4 Å². The van der Waals surface area contributed by atoms with Crippen LogP contribution in [0.3, 0.4) is 0 Å². The van der Waals surface area contributed by atoms with Gasteiger partial charge in [0, 0.05) is 11.5 Å². The predicted molar refractivity (Wildman–Crippen MR) is 69.1 cm³/mol. The van der Waals surface area contributed by atoms with Crippen LogP contribution in [0, 0.1) is 0 Å². The van der Waals surface area contributed by atoms with Crippen LogP contribution in [0.5, 0.6) is 0 Å². The summed E-state index contributed by atoms with van der Waals surface area (Å²) in [5, 5.41) is 0.884. The third-order valence-electron chi connectivity index (χ3n) is 2.51. The minimum Gasteiger partial charge on any atom is -0.291 e. The summed E-state index contributed by atoms with van der Waals surface area (Å²) in [4.78, 5) is 4.33. The van der Waals surface area contributed by atoms with Gasteiger partial charge in [0.05, 0.1) is 6.54 Å². The third-order valence-corrected chi connectivity index (χ3v) is 5.43. The molecular formula is C10H14INS. The quantitative estimate of drug-likeness (QED) is 0.562. The molecule has 0 saturated heterocycles. The zero-order valence-electron chi connectivity index (χ0n) is 7.58. The van der Waals surface area contributed by atoms with E-state index in [2.05, 4.69) is 51.5 Å². The van der Waals surface area contributed by atoms with Crippen molar-refractivity contribution in [3.63, 3.8) is 0 Å². The molecule has 1 saturated carbocycles. The van der Waals surface area contributed by atoms with Crippen LogP contribution in [0.1, 0.15) is 25.7 Å². The van der Waals surface area contributed by atoms with Gasteiger partial charge in [0.2, 0.25) is 0 Å². The Labute approximate surface area is 97.6 Å². The van der Waals surface area contributed by atoms with Gasteiger partial charge in [-0.1, -0.05) is 41.5 Å². The number of hydrogen-bond donors (Lipinski definition) is 0. The molecule has 1 nitrogen and oxygen atoms in total. The van der Waals surface area contributed by atoms with Gasteiger partial charge in [0.25, 0.3) is 0 Å². The summed E-state index contributed by atoms with van der Waals surface area (Å²) in [7, 11) is 0. The normalized spacial score (nSPS) is 34.2. The lowest BCUT2D eigenvalue weighted by Crippen LogP contribution is -2.22. The summed E-state index contributed by atoms with van der Waals surface area (Å²) in [5.74, 6) is 0. The fourth-order valence-electron chi connectivity index (χ4n) is 1.84. The number of dihydropyridines is 1. The molecule has 0 spiro atoms. The van der Waals surface area contributed by atoms with Gasteiger partial charge in [0.15, 0.2) is 0 Å². The highest BCUT2D eigenvalue weighted by Crippen LogP contribution is 2.43. The van der Waals surface area contributed by atoms with Crippen molar-refractivity contribution in [2.24, 2.45) is 4.99 Å². The Kier molecular flexibility index (Phi) is 3.35. The molecule has 13 heavy (non-hydrogen) atoms. The van der Waals surface area contributed by atoms with Crippen molar-refractivity contribution in [1.82, 2.24) is 0 Å². The fourth-order valence-corrected chi connectivity index (χ4v) is 4.75. The maximum absolute atomic E-state index is 4.33. The lowest BCUT2D eigenvalue weighted by molar-refractivity contribution is 0.886. The maximum atomic E-state index is 4.33. The van der Waals surface area contributed by atoms with E-state index in [0.717, 1.165) is 11.8 Å². The molecule has 1 fully saturated rings. The highest BCUT2D eigenvalue weighted by molar-refractivity contribution is 14.1. The van der Waals surface area contributed by atoms with Crippen LogP contribution in [0.2, 0.25) is 0 Å². The first kappa shape index (κ1) is 10.0. The van der Waals surface area contributed by atoms with E-state index in [1.807, 2.05) is 6.21 Å². The standard InChI is InChI=1S/C10H14INS/c11-10(6-3-7-12-8-10)13-9-4-1-2-5-9/h3,6-7,9H,1-2,4-5,8H2. The molecule has 0 aromatic rings. The van der Waals surface area contributed by atoms with Crippen molar-refractivity contribution in [3.05, 3.63) is 12.2 Å². The second-order valence-electron chi connectivity index (χ2n) is 3.66. The van der Waals surface area contributed by atoms with Gasteiger partial charge >= 0.3 is 0 Å². The van der Waals surface area contributed by atoms with Crippen LogP contribution in [0.25, 0.3) is 0 Å². The molecule has 0 radical (unpaired) electrons. The van der Waals surface area contributed by atoms with Gasteiger partial charge in [-0.15, -0.1) is 11.8 Å². The lowest BCUT2D eigenvalue weighted by Gasteiger charge is -2.26. The SMILES string of the molecule is IC1(SC2CCCC2)C=CC=NC1. The second-order valence-corrected chi connectivity index (χ2v) is 7.95. The summed E-state index contributed by atoms with van der Waals surface area (Å²) in [6.07, 6.45) is 12.0. The van der Waals surface area contributed by atoms with Gasteiger partial charge < -0.3 is 0 Å². The van der Waals surface area contributed by atoms with Crippen molar-refractivity contribution in [3.8, 4) is 0 Å². The Balaban J connectivity index is 1.92. The molecule has 72 valence electrons. The predicted octanol–water partition coefficient (Wildman–Crippen LogP) is 3.43. The minimum atomic E-state index is 0.252. The van der Waals surface area contributed by atoms with E-state index in [0.29, 0.717) is 0 Å². The number of thioether (sulfide) groups is 1. The van der Waals surface area contributed by atoms with E-state index in [-0.39, 0.29) is 2.75 Å². The van der Waals surface area contributed by atoms with Crippen molar-refractivity contribution in [1.29, 1.82) is 0 Å². The van der Waals surface area contributed by atoms with Gasteiger partial charge in [0.1, 0.15) is 2.75 Å². The molecule has 1 aliphatic carbocycles. The number of aliphatic imine (C=N–C) groups is 1. The smallest absolute Gasteiger partial charge is 0.105 e. The fraction of sp³-hybridized carbons (Fsp3) is 0.700. The van der Waals surface area contributed by atoms with Crippen LogP contribution in [0.4, 0.5) is 0 Å². The Morgan fingerprint density at radius 3 is 2.77 bits per heavy atom. The van der Waals surface area contributed by atoms with Crippen molar-refractivity contribution < 1.29 is 0 Å². The monoisotopic (exact) mass is 307 g/mol. The zero-order valence-corrected chi connectivity index (χ0v) is 10.6. The molecule has 1 aliphatic heterocycles. The molecule has 2 aliphatic rings. The van der Waals surface area contributed by atoms with Gasteiger partial charge in [-0.25, -0.2) is 0 Å². The molecule has 1 unspecified atom stereocenters. The number of alkyl halides is 1. The van der Waals surface area contributed by atoms with E-state index in [1.165, 1.54) is 25.7 Å². The van der Waals surface area contributed by atoms with Gasteiger partial charge in [-0.3, -0.25) is 4.99 Å². The van der Waals surface area contributed by atoms with Crippen molar-refractivity contribution >= 4 is 40.6 Å². The Morgan fingerprint density at radius 1 is 1.38 bits per heavy atom. The van der Waals surface area contributed by atoms with E-state index in [4.69, 9.17) is 0 Å². The largest absolute Gasteiger partial charge is 0.291 e. The zero-order chi connectivity index (χ0) is 9.15. The van der Waals surface area contributed by atoms with E-state index in [1.54, 1.807) is 0 Å². The third kappa shape index (κ3) is 2.72. The second kappa shape index (κ2) is 4.34. The van der Waals surface area contributed by atoms with Gasteiger partial charge in [-0.05, 0) is 18.9 Å². The highest BCUT2D eigenvalue weighted by Gasteiger charge is 2.30. The van der Waals surface area contributed by atoms with Crippen molar-refractivity contribution in [2.75, 3.05) is 6.54 Å².